The van der Waals surface area contributed by atoms with Crippen molar-refractivity contribution in [3.8, 4) is 22.4 Å². The smallest absolute Gasteiger partial charge is 0.292 e. The van der Waals surface area contributed by atoms with Crippen LogP contribution in [0.4, 0.5) is 5.69 Å². The number of pyridine rings is 1. The summed E-state index contributed by atoms with van der Waals surface area (Å²) in [7, 11) is 0. The second kappa shape index (κ2) is 15.7. The molecule has 8 rings (SSSR count). The van der Waals surface area contributed by atoms with E-state index >= 15 is 0 Å². The molecule has 6 heterocycles. The molecule has 1 atom stereocenters. The Morgan fingerprint density at radius 2 is 1.74 bits per heavy atom. The summed E-state index contributed by atoms with van der Waals surface area (Å²) in [5, 5.41) is 16.8. The van der Waals surface area contributed by atoms with Gasteiger partial charge in [-0.1, -0.05) is 62.3 Å². The van der Waals surface area contributed by atoms with Gasteiger partial charge < -0.3 is 15.2 Å². The lowest BCUT2D eigenvalue weighted by molar-refractivity contribution is -0.133. The minimum Gasteiger partial charge on any atom is -0.372 e. The van der Waals surface area contributed by atoms with Crippen molar-refractivity contribution < 1.29 is 18.9 Å². The highest BCUT2D eigenvalue weighted by Gasteiger charge is 2.27. The molecule has 2 fully saturated rings. The van der Waals surface area contributed by atoms with Crippen molar-refractivity contribution in [3.63, 3.8) is 0 Å². The fourth-order valence-corrected chi connectivity index (χ4v) is 7.44. The maximum Gasteiger partial charge on any atom is 0.292 e. The zero-order valence-corrected chi connectivity index (χ0v) is 32.6. The Hall–Kier alpha value is -6.28. The molecule has 0 radical (unpaired) electrons. The van der Waals surface area contributed by atoms with Crippen LogP contribution >= 0.6 is 0 Å². The monoisotopic (exact) mass is 766 g/mol. The Morgan fingerprint density at radius 3 is 2.44 bits per heavy atom. The molecule has 0 unspecified atom stereocenters. The summed E-state index contributed by atoms with van der Waals surface area (Å²) in [6.07, 6.45) is 8.29. The maximum atomic E-state index is 12.7. The van der Waals surface area contributed by atoms with E-state index in [9.17, 15) is 14.4 Å². The summed E-state index contributed by atoms with van der Waals surface area (Å²) in [6.45, 7) is 11.1. The second-order valence-electron chi connectivity index (χ2n) is 16.0. The van der Waals surface area contributed by atoms with Gasteiger partial charge in [0.15, 0.2) is 0 Å². The Labute approximate surface area is 330 Å². The third-order valence-corrected chi connectivity index (χ3v) is 10.8. The third-order valence-electron chi connectivity index (χ3n) is 10.8. The van der Waals surface area contributed by atoms with Crippen LogP contribution in [0.25, 0.3) is 27.9 Å². The van der Waals surface area contributed by atoms with Crippen molar-refractivity contribution in [2.45, 2.75) is 83.8 Å². The van der Waals surface area contributed by atoms with Crippen molar-refractivity contribution >= 4 is 28.9 Å². The quantitative estimate of drug-likeness (QED) is 0.140. The molecule has 14 heteroatoms. The van der Waals surface area contributed by atoms with Gasteiger partial charge in [0, 0.05) is 53.9 Å². The number of likely N-dealkylation sites (tertiary alicyclic amines) is 1. The van der Waals surface area contributed by atoms with E-state index in [1.807, 2.05) is 56.6 Å². The summed E-state index contributed by atoms with van der Waals surface area (Å²) in [5.41, 5.74) is 9.64. The Balaban J connectivity index is 0.858. The highest BCUT2D eigenvalue weighted by molar-refractivity contribution is 6.01. The lowest BCUT2D eigenvalue weighted by atomic mass is 9.92. The number of aryl methyl sites for hydroxylation is 1. The van der Waals surface area contributed by atoms with Crippen molar-refractivity contribution in [3.05, 3.63) is 113 Å². The van der Waals surface area contributed by atoms with E-state index in [0.29, 0.717) is 31.2 Å². The van der Waals surface area contributed by atoms with Crippen LogP contribution in [-0.2, 0) is 28.1 Å². The number of nitrogens with zero attached hydrogens (tertiary/aromatic N) is 7. The van der Waals surface area contributed by atoms with Crippen molar-refractivity contribution in [1.29, 1.82) is 0 Å². The molecule has 2 saturated heterocycles. The molecule has 0 saturated carbocycles. The first-order valence-corrected chi connectivity index (χ1v) is 19.4. The van der Waals surface area contributed by atoms with Gasteiger partial charge in [-0.25, -0.2) is 9.50 Å². The number of rotatable bonds is 10. The Morgan fingerprint density at radius 1 is 0.947 bits per heavy atom. The lowest BCUT2D eigenvalue weighted by Crippen LogP contribution is -2.47. The molecule has 6 aromatic rings. The summed E-state index contributed by atoms with van der Waals surface area (Å²) < 4.78 is 7.14. The van der Waals surface area contributed by atoms with Gasteiger partial charge in [-0.15, -0.1) is 0 Å². The standard InChI is InChI=1S/C43H46N10O4/c1-26-19-30(9-10-31(26)21-45-41(56)39-50-42(57-51-39)43(2,3)4)38-36-20-32(24-53(36)47-25-46-38)28-7-5-27(6-8-28)23-52-17-15-29(16-18-52)34-12-11-33(22-44-34)48-35-13-14-37(54)49-40(35)55/h5-12,19-20,22,24-25,29,35,48H,13-18,21,23H2,1-4H3,(H,45,56)(H,49,54,55)/t35-/m0/s1. The average molecular weight is 767 g/mol. The molecule has 292 valence electrons. The average Bonchev–Trinajstić information content (AvgIpc) is 3.89. The van der Waals surface area contributed by atoms with Gasteiger partial charge in [0.25, 0.3) is 11.7 Å². The van der Waals surface area contributed by atoms with Crippen LogP contribution in [0.3, 0.4) is 0 Å². The molecular formula is C43H46N10O4. The molecule has 3 amide bonds. The molecule has 2 aliphatic rings. The Kier molecular flexibility index (Phi) is 10.4. The normalized spacial score (nSPS) is 16.8. The molecule has 0 bridgehead atoms. The van der Waals surface area contributed by atoms with E-state index in [2.05, 4.69) is 83.5 Å². The number of imide groups is 1. The van der Waals surface area contributed by atoms with Crippen LogP contribution in [0, 0.1) is 6.92 Å². The zero-order chi connectivity index (χ0) is 39.7. The maximum absolute atomic E-state index is 12.7. The van der Waals surface area contributed by atoms with E-state index in [1.165, 1.54) is 5.56 Å². The van der Waals surface area contributed by atoms with Crippen LogP contribution in [0.15, 0.2) is 83.9 Å². The molecule has 57 heavy (non-hydrogen) atoms. The van der Waals surface area contributed by atoms with Gasteiger partial charge >= 0.3 is 0 Å². The summed E-state index contributed by atoms with van der Waals surface area (Å²) >= 11 is 0. The number of aromatic nitrogens is 6. The van der Waals surface area contributed by atoms with Gasteiger partial charge in [-0.2, -0.15) is 10.1 Å². The number of carbonyl (C=O) groups is 3. The van der Waals surface area contributed by atoms with Crippen LogP contribution < -0.4 is 16.0 Å². The number of amides is 3. The molecule has 4 aromatic heterocycles. The van der Waals surface area contributed by atoms with Crippen LogP contribution in [0.2, 0.25) is 0 Å². The van der Waals surface area contributed by atoms with E-state index < -0.39 is 6.04 Å². The van der Waals surface area contributed by atoms with Gasteiger partial charge in [-0.3, -0.25) is 29.6 Å². The minimum atomic E-state index is -0.416. The number of anilines is 1. The highest BCUT2D eigenvalue weighted by Crippen LogP contribution is 2.31. The van der Waals surface area contributed by atoms with Crippen LogP contribution in [0.5, 0.6) is 0 Å². The number of fused-ring (bicyclic) bond motifs is 1. The highest BCUT2D eigenvalue weighted by atomic mass is 16.5. The molecular weight excluding hydrogens is 721 g/mol. The van der Waals surface area contributed by atoms with Crippen molar-refractivity contribution in [2.75, 3.05) is 18.4 Å². The predicted molar refractivity (Wildman–Crippen MR) is 214 cm³/mol. The van der Waals surface area contributed by atoms with Crippen LogP contribution in [-0.4, -0.2) is 71.5 Å². The fourth-order valence-electron chi connectivity index (χ4n) is 7.44. The lowest BCUT2D eigenvalue weighted by Gasteiger charge is -2.31. The van der Waals surface area contributed by atoms with Gasteiger partial charge in [0.2, 0.25) is 17.7 Å². The number of nitrogens with one attached hydrogen (secondary N) is 3. The summed E-state index contributed by atoms with van der Waals surface area (Å²) in [5.74, 6) is -0.0519. The first-order valence-electron chi connectivity index (χ1n) is 19.4. The topological polar surface area (TPSA) is 173 Å². The van der Waals surface area contributed by atoms with Crippen LogP contribution in [0.1, 0.15) is 91.3 Å². The minimum absolute atomic E-state index is 0.0229. The van der Waals surface area contributed by atoms with Gasteiger partial charge in [0.05, 0.1) is 23.1 Å². The first kappa shape index (κ1) is 37.6. The summed E-state index contributed by atoms with van der Waals surface area (Å²) in [6, 6.07) is 20.6. The molecule has 0 spiro atoms. The number of piperidine rings is 2. The predicted octanol–water partition coefficient (Wildman–Crippen LogP) is 5.97. The van der Waals surface area contributed by atoms with Crippen molar-refractivity contribution in [2.24, 2.45) is 0 Å². The Bertz CT molecular complexity index is 2420. The zero-order valence-electron chi connectivity index (χ0n) is 32.6. The molecule has 2 aliphatic heterocycles. The summed E-state index contributed by atoms with van der Waals surface area (Å²) in [4.78, 5) is 52.4. The third kappa shape index (κ3) is 8.46. The number of hydrogen-bond acceptors (Lipinski definition) is 11. The van der Waals surface area contributed by atoms with E-state index in [0.717, 1.165) is 82.9 Å². The molecule has 3 N–H and O–H groups in total. The van der Waals surface area contributed by atoms with Crippen molar-refractivity contribution in [1.82, 2.24) is 45.3 Å². The SMILES string of the molecule is Cc1cc(-c2ncnn3cc(-c4ccc(CN5CCC(c6ccc(N[C@H]7CCC(=O)NC7=O)cn6)CC5)cc4)cc23)ccc1CNC(=O)c1noc(C(C)(C)C)n1. The molecule has 0 aliphatic carbocycles. The van der Waals surface area contributed by atoms with E-state index in [4.69, 9.17) is 9.51 Å². The van der Waals surface area contributed by atoms with E-state index in [-0.39, 0.29) is 29.0 Å². The number of carbonyl (C=O) groups excluding carboxylic acids is 3. The second-order valence-corrected chi connectivity index (χ2v) is 16.0. The molecule has 2 aromatic carbocycles. The fraction of sp³-hybridized carbons (Fsp3) is 0.349. The first-order chi connectivity index (χ1) is 27.5. The van der Waals surface area contributed by atoms with Gasteiger partial charge in [-0.05, 0) is 85.8 Å². The van der Waals surface area contributed by atoms with Gasteiger partial charge in [0.1, 0.15) is 12.4 Å². The molecule has 14 nitrogen and oxygen atoms in total. The van der Waals surface area contributed by atoms with E-state index in [1.54, 1.807) is 12.5 Å². The largest absolute Gasteiger partial charge is 0.372 e. The number of benzene rings is 2. The number of hydrogen-bond donors (Lipinski definition) is 3.